The van der Waals surface area contributed by atoms with E-state index in [1.54, 1.807) is 32.0 Å². The molecule has 0 aliphatic carbocycles. The van der Waals surface area contributed by atoms with Crippen molar-refractivity contribution in [2.45, 2.75) is 33.7 Å². The highest BCUT2D eigenvalue weighted by molar-refractivity contribution is 6.05. The number of ether oxygens (including phenoxy) is 2. The zero-order chi connectivity index (χ0) is 25.5. The lowest BCUT2D eigenvalue weighted by molar-refractivity contribution is -0.127. The topological polar surface area (TPSA) is 88.2 Å². The minimum atomic E-state index is -0.801. The first-order valence-electron chi connectivity index (χ1n) is 11.8. The Labute approximate surface area is 205 Å². The van der Waals surface area contributed by atoms with Gasteiger partial charge in [-0.1, -0.05) is 19.9 Å². The van der Waals surface area contributed by atoms with Crippen LogP contribution in [0.1, 0.15) is 36.7 Å². The molecule has 3 rings (SSSR count). The number of nitrogens with zero attached hydrogens (tertiary/aromatic N) is 2. The van der Waals surface area contributed by atoms with Gasteiger partial charge in [0.05, 0.1) is 5.69 Å². The number of rotatable bonds is 11. The van der Waals surface area contributed by atoms with Gasteiger partial charge in [0.25, 0.3) is 5.91 Å². The standard InChI is InChI=1S/C26H32FN3O5/c1-5-29(6-2)12-11-28-26(33)18(4)30-21-14-19(8-10-23(21)35-16-25(30)32)22(31)15-34-24-13-17(3)7-9-20(24)27/h7-10,13-14,18H,5-6,11-12,15-16H2,1-4H3,(H,28,33). The van der Waals surface area contributed by atoms with Crippen molar-refractivity contribution in [2.75, 3.05) is 44.3 Å². The summed E-state index contributed by atoms with van der Waals surface area (Å²) >= 11 is 0. The number of halogens is 1. The number of nitrogens with one attached hydrogen (secondary N) is 1. The molecule has 0 bridgehead atoms. The van der Waals surface area contributed by atoms with E-state index in [0.29, 0.717) is 24.5 Å². The minimum Gasteiger partial charge on any atom is -0.482 e. The van der Waals surface area contributed by atoms with E-state index in [9.17, 15) is 18.8 Å². The fourth-order valence-corrected chi connectivity index (χ4v) is 3.86. The SMILES string of the molecule is CCN(CC)CCNC(=O)C(C)N1C(=O)COc2ccc(C(=O)COc3cc(C)ccc3F)cc21. The lowest BCUT2D eigenvalue weighted by atomic mass is 10.1. The van der Waals surface area contributed by atoms with Crippen LogP contribution in [0.3, 0.4) is 0 Å². The molecule has 9 heteroatoms. The molecule has 2 aromatic rings. The molecular weight excluding hydrogens is 453 g/mol. The van der Waals surface area contributed by atoms with E-state index in [1.807, 2.05) is 0 Å². The Balaban J connectivity index is 1.73. The van der Waals surface area contributed by atoms with Crippen molar-refractivity contribution in [3.8, 4) is 11.5 Å². The lowest BCUT2D eigenvalue weighted by Gasteiger charge is -2.33. The molecule has 8 nitrogen and oxygen atoms in total. The highest BCUT2D eigenvalue weighted by Crippen LogP contribution is 2.34. The molecular formula is C26H32FN3O5. The van der Waals surface area contributed by atoms with Gasteiger partial charge in [-0.15, -0.1) is 0 Å². The molecule has 1 aliphatic heterocycles. The monoisotopic (exact) mass is 485 g/mol. The highest BCUT2D eigenvalue weighted by atomic mass is 19.1. The van der Waals surface area contributed by atoms with E-state index in [4.69, 9.17) is 9.47 Å². The third kappa shape index (κ3) is 6.36. The first kappa shape index (κ1) is 26.2. The van der Waals surface area contributed by atoms with E-state index in [-0.39, 0.29) is 36.3 Å². The van der Waals surface area contributed by atoms with Gasteiger partial charge in [-0.3, -0.25) is 19.3 Å². The average molecular weight is 486 g/mol. The number of hydrogen-bond donors (Lipinski definition) is 1. The summed E-state index contributed by atoms with van der Waals surface area (Å²) in [4.78, 5) is 41.8. The van der Waals surface area contributed by atoms with Gasteiger partial charge in [-0.25, -0.2) is 4.39 Å². The van der Waals surface area contributed by atoms with Crippen LogP contribution in [0.25, 0.3) is 0 Å². The maximum atomic E-state index is 13.9. The highest BCUT2D eigenvalue weighted by Gasteiger charge is 2.33. The Bertz CT molecular complexity index is 1090. The van der Waals surface area contributed by atoms with Gasteiger partial charge in [0.1, 0.15) is 11.8 Å². The van der Waals surface area contributed by atoms with Crippen LogP contribution in [0.4, 0.5) is 10.1 Å². The molecule has 1 N–H and O–H groups in total. The number of likely N-dealkylation sites (N-methyl/N-ethyl adjacent to an activating group) is 1. The molecule has 35 heavy (non-hydrogen) atoms. The first-order chi connectivity index (χ1) is 16.7. The molecule has 0 saturated carbocycles. The van der Waals surface area contributed by atoms with Crippen LogP contribution in [0.15, 0.2) is 36.4 Å². The summed E-state index contributed by atoms with van der Waals surface area (Å²) in [6.45, 7) is 9.89. The van der Waals surface area contributed by atoms with Crippen molar-refractivity contribution in [1.82, 2.24) is 10.2 Å². The lowest BCUT2D eigenvalue weighted by Crippen LogP contribution is -2.52. The van der Waals surface area contributed by atoms with Gasteiger partial charge < -0.3 is 19.7 Å². The van der Waals surface area contributed by atoms with Crippen LogP contribution in [0.2, 0.25) is 0 Å². The Morgan fingerprint density at radius 2 is 1.94 bits per heavy atom. The molecule has 1 atom stereocenters. The minimum absolute atomic E-state index is 0.00791. The quantitative estimate of drug-likeness (QED) is 0.493. The first-order valence-corrected chi connectivity index (χ1v) is 11.8. The number of aryl methyl sites for hydroxylation is 1. The van der Waals surface area contributed by atoms with Crippen molar-refractivity contribution in [2.24, 2.45) is 0 Å². The molecule has 0 saturated heterocycles. The van der Waals surface area contributed by atoms with Crippen molar-refractivity contribution in [3.05, 3.63) is 53.3 Å². The number of amides is 2. The predicted molar refractivity (Wildman–Crippen MR) is 131 cm³/mol. The zero-order valence-electron chi connectivity index (χ0n) is 20.6. The van der Waals surface area contributed by atoms with Crippen LogP contribution in [0.5, 0.6) is 11.5 Å². The number of ketones is 1. The van der Waals surface area contributed by atoms with E-state index >= 15 is 0 Å². The molecule has 0 fully saturated rings. The van der Waals surface area contributed by atoms with Gasteiger partial charge in [0, 0.05) is 18.7 Å². The van der Waals surface area contributed by atoms with Crippen molar-refractivity contribution >= 4 is 23.3 Å². The van der Waals surface area contributed by atoms with Crippen LogP contribution < -0.4 is 19.7 Å². The fourth-order valence-electron chi connectivity index (χ4n) is 3.86. The summed E-state index contributed by atoms with van der Waals surface area (Å²) < 4.78 is 24.8. The number of hydrogen-bond acceptors (Lipinski definition) is 6. The van der Waals surface area contributed by atoms with Crippen LogP contribution in [-0.4, -0.2) is 67.9 Å². The van der Waals surface area contributed by atoms with Gasteiger partial charge >= 0.3 is 0 Å². The van der Waals surface area contributed by atoms with Gasteiger partial charge in [-0.2, -0.15) is 0 Å². The van der Waals surface area contributed by atoms with E-state index in [2.05, 4.69) is 24.1 Å². The summed E-state index contributed by atoms with van der Waals surface area (Å²) in [6, 6.07) is 8.25. The molecule has 188 valence electrons. The van der Waals surface area contributed by atoms with Gasteiger partial charge in [-0.05, 0) is 62.8 Å². The second kappa shape index (κ2) is 11.8. The van der Waals surface area contributed by atoms with Crippen LogP contribution in [-0.2, 0) is 9.59 Å². The number of carbonyl (C=O) groups excluding carboxylic acids is 3. The molecule has 2 amide bonds. The second-order valence-electron chi connectivity index (χ2n) is 8.37. The molecule has 1 heterocycles. The number of carbonyl (C=O) groups is 3. The largest absolute Gasteiger partial charge is 0.482 e. The Morgan fingerprint density at radius 3 is 2.66 bits per heavy atom. The van der Waals surface area contributed by atoms with E-state index in [1.165, 1.54) is 23.1 Å². The predicted octanol–water partition coefficient (Wildman–Crippen LogP) is 2.97. The number of benzene rings is 2. The maximum Gasteiger partial charge on any atom is 0.265 e. The van der Waals surface area contributed by atoms with Crippen molar-refractivity contribution < 1.29 is 28.2 Å². The Hall–Kier alpha value is -3.46. The molecule has 2 aromatic carbocycles. The second-order valence-corrected chi connectivity index (χ2v) is 8.37. The summed E-state index contributed by atoms with van der Waals surface area (Å²) in [7, 11) is 0. The number of anilines is 1. The molecule has 0 aromatic heterocycles. The Morgan fingerprint density at radius 1 is 1.20 bits per heavy atom. The van der Waals surface area contributed by atoms with E-state index in [0.717, 1.165) is 18.7 Å². The number of Topliss-reactive ketones (excluding diaryl/α,β-unsaturated/α-hetero) is 1. The molecule has 0 spiro atoms. The molecule has 0 radical (unpaired) electrons. The summed E-state index contributed by atoms with van der Waals surface area (Å²) in [5.41, 5.74) is 1.40. The fraction of sp³-hybridized carbons (Fsp3) is 0.423. The molecule has 1 aliphatic rings. The normalized spacial score (nSPS) is 13.8. The van der Waals surface area contributed by atoms with Crippen LogP contribution in [0, 0.1) is 12.7 Å². The Kier molecular flexibility index (Phi) is 8.81. The third-order valence-corrected chi connectivity index (χ3v) is 5.99. The van der Waals surface area contributed by atoms with Gasteiger partial charge in [0.2, 0.25) is 5.91 Å². The summed E-state index contributed by atoms with van der Waals surface area (Å²) in [6.07, 6.45) is 0. The zero-order valence-corrected chi connectivity index (χ0v) is 20.6. The third-order valence-electron chi connectivity index (χ3n) is 5.99. The smallest absolute Gasteiger partial charge is 0.265 e. The van der Waals surface area contributed by atoms with Crippen molar-refractivity contribution in [3.63, 3.8) is 0 Å². The number of fused-ring (bicyclic) bond motifs is 1. The average Bonchev–Trinajstić information content (AvgIpc) is 2.86. The van der Waals surface area contributed by atoms with E-state index < -0.39 is 17.6 Å². The van der Waals surface area contributed by atoms with Crippen LogP contribution >= 0.6 is 0 Å². The van der Waals surface area contributed by atoms with Gasteiger partial charge in [0.15, 0.2) is 30.6 Å². The summed E-state index contributed by atoms with van der Waals surface area (Å²) in [5.74, 6) is -1.25. The summed E-state index contributed by atoms with van der Waals surface area (Å²) in [5, 5.41) is 2.88. The maximum absolute atomic E-state index is 13.9. The van der Waals surface area contributed by atoms with Crippen molar-refractivity contribution in [1.29, 1.82) is 0 Å². The molecule has 1 unspecified atom stereocenters.